The van der Waals surface area contributed by atoms with E-state index in [9.17, 15) is 4.79 Å². The topological polar surface area (TPSA) is 46.9 Å². The zero-order valence-corrected chi connectivity index (χ0v) is 13.6. The average Bonchev–Trinajstić information content (AvgIpc) is 2.58. The lowest BCUT2D eigenvalue weighted by molar-refractivity contribution is 0.679. The molecule has 1 heterocycles. The molecule has 0 atom stereocenters. The standard InChI is InChI=1S/C19H23N3O/c1-15-7-9-17(10-8-15)22-14-13-21-18(19(22)23)20-12-11-16-5-3-2-4-6-16/h5,7-10,13-14H,2-4,6,11-12H2,1H3,(H,20,21). The summed E-state index contributed by atoms with van der Waals surface area (Å²) >= 11 is 0. The van der Waals surface area contributed by atoms with Gasteiger partial charge in [0.05, 0.1) is 0 Å². The van der Waals surface area contributed by atoms with Crippen LogP contribution < -0.4 is 10.9 Å². The second-order valence-corrected chi connectivity index (χ2v) is 6.07. The quantitative estimate of drug-likeness (QED) is 0.854. The molecule has 0 amide bonds. The van der Waals surface area contributed by atoms with Gasteiger partial charge < -0.3 is 5.32 Å². The molecule has 4 heteroatoms. The van der Waals surface area contributed by atoms with Crippen molar-refractivity contribution in [2.24, 2.45) is 0 Å². The molecule has 1 aliphatic rings. The summed E-state index contributed by atoms with van der Waals surface area (Å²) in [6.45, 7) is 2.79. The van der Waals surface area contributed by atoms with Crippen molar-refractivity contribution in [1.82, 2.24) is 9.55 Å². The van der Waals surface area contributed by atoms with Crippen molar-refractivity contribution in [3.05, 3.63) is 64.2 Å². The average molecular weight is 309 g/mol. The molecule has 0 spiro atoms. The van der Waals surface area contributed by atoms with Gasteiger partial charge in [0.15, 0.2) is 5.82 Å². The van der Waals surface area contributed by atoms with E-state index in [0.717, 1.165) is 18.7 Å². The van der Waals surface area contributed by atoms with E-state index in [1.807, 2.05) is 31.2 Å². The van der Waals surface area contributed by atoms with Crippen LogP contribution in [-0.2, 0) is 0 Å². The number of benzene rings is 1. The van der Waals surface area contributed by atoms with Gasteiger partial charge in [-0.05, 0) is 51.2 Å². The zero-order chi connectivity index (χ0) is 16.1. The fourth-order valence-corrected chi connectivity index (χ4v) is 2.91. The third kappa shape index (κ3) is 3.89. The van der Waals surface area contributed by atoms with E-state index in [4.69, 9.17) is 0 Å². The highest BCUT2D eigenvalue weighted by Crippen LogP contribution is 2.19. The highest BCUT2D eigenvalue weighted by atomic mass is 16.1. The Morgan fingerprint density at radius 1 is 1.22 bits per heavy atom. The highest BCUT2D eigenvalue weighted by Gasteiger charge is 2.07. The predicted molar refractivity (Wildman–Crippen MR) is 94.2 cm³/mol. The number of aromatic nitrogens is 2. The van der Waals surface area contributed by atoms with E-state index in [-0.39, 0.29) is 5.56 Å². The van der Waals surface area contributed by atoms with E-state index in [2.05, 4.69) is 16.4 Å². The van der Waals surface area contributed by atoms with E-state index < -0.39 is 0 Å². The molecule has 0 saturated carbocycles. The molecule has 23 heavy (non-hydrogen) atoms. The minimum absolute atomic E-state index is 0.103. The van der Waals surface area contributed by atoms with Crippen LogP contribution in [0.5, 0.6) is 0 Å². The van der Waals surface area contributed by atoms with Crippen LogP contribution >= 0.6 is 0 Å². The molecule has 0 unspecified atom stereocenters. The number of rotatable bonds is 5. The van der Waals surface area contributed by atoms with Crippen molar-refractivity contribution < 1.29 is 0 Å². The lowest BCUT2D eigenvalue weighted by Gasteiger charge is -2.13. The molecule has 4 nitrogen and oxygen atoms in total. The van der Waals surface area contributed by atoms with Gasteiger partial charge in [0.25, 0.3) is 5.56 Å². The van der Waals surface area contributed by atoms with Crippen LogP contribution in [0.15, 0.2) is 53.1 Å². The van der Waals surface area contributed by atoms with Crippen molar-refractivity contribution in [3.63, 3.8) is 0 Å². The first-order valence-corrected chi connectivity index (χ1v) is 8.30. The summed E-state index contributed by atoms with van der Waals surface area (Å²) in [6, 6.07) is 7.91. The summed E-state index contributed by atoms with van der Waals surface area (Å²) in [5, 5.41) is 3.20. The first kappa shape index (κ1) is 15.5. The van der Waals surface area contributed by atoms with Gasteiger partial charge >= 0.3 is 0 Å². The Bertz CT molecular complexity index is 744. The smallest absolute Gasteiger partial charge is 0.297 e. The second-order valence-electron chi connectivity index (χ2n) is 6.07. The Morgan fingerprint density at radius 3 is 2.78 bits per heavy atom. The molecule has 0 radical (unpaired) electrons. The van der Waals surface area contributed by atoms with Crippen LogP contribution in [0.25, 0.3) is 5.69 Å². The van der Waals surface area contributed by atoms with Crippen LogP contribution in [0.2, 0.25) is 0 Å². The fraction of sp³-hybridized carbons (Fsp3) is 0.368. The minimum atomic E-state index is -0.103. The normalized spacial score (nSPS) is 14.4. The zero-order valence-electron chi connectivity index (χ0n) is 13.6. The maximum Gasteiger partial charge on any atom is 0.297 e. The van der Waals surface area contributed by atoms with Gasteiger partial charge in [-0.1, -0.05) is 29.3 Å². The monoisotopic (exact) mass is 309 g/mol. The molecule has 1 aromatic heterocycles. The minimum Gasteiger partial charge on any atom is -0.365 e. The number of nitrogens with one attached hydrogen (secondary N) is 1. The molecule has 1 aromatic carbocycles. The molecular weight excluding hydrogens is 286 g/mol. The summed E-state index contributed by atoms with van der Waals surface area (Å²) in [5.74, 6) is 0.421. The van der Waals surface area contributed by atoms with Crippen molar-refractivity contribution in [3.8, 4) is 5.69 Å². The van der Waals surface area contributed by atoms with Crippen LogP contribution in [0.1, 0.15) is 37.7 Å². The van der Waals surface area contributed by atoms with Gasteiger partial charge in [0, 0.05) is 24.6 Å². The fourth-order valence-electron chi connectivity index (χ4n) is 2.91. The second kappa shape index (κ2) is 7.27. The maximum atomic E-state index is 12.6. The van der Waals surface area contributed by atoms with Crippen LogP contribution in [0, 0.1) is 6.92 Å². The molecule has 1 N–H and O–H groups in total. The Morgan fingerprint density at radius 2 is 2.04 bits per heavy atom. The lowest BCUT2D eigenvalue weighted by atomic mass is 9.97. The largest absolute Gasteiger partial charge is 0.365 e. The maximum absolute atomic E-state index is 12.6. The molecule has 2 aromatic rings. The van der Waals surface area contributed by atoms with Crippen LogP contribution in [-0.4, -0.2) is 16.1 Å². The Balaban J connectivity index is 1.71. The van der Waals surface area contributed by atoms with Gasteiger partial charge in [0.1, 0.15) is 0 Å². The van der Waals surface area contributed by atoms with Gasteiger partial charge in [-0.25, -0.2) is 4.98 Å². The Hall–Kier alpha value is -2.36. The van der Waals surface area contributed by atoms with Crippen molar-refractivity contribution in [1.29, 1.82) is 0 Å². The molecule has 0 fully saturated rings. The molecule has 0 aliphatic heterocycles. The summed E-state index contributed by atoms with van der Waals surface area (Å²) in [4.78, 5) is 16.8. The van der Waals surface area contributed by atoms with E-state index in [0.29, 0.717) is 5.82 Å². The number of aryl methyl sites for hydroxylation is 1. The van der Waals surface area contributed by atoms with E-state index in [1.165, 1.54) is 36.8 Å². The predicted octanol–water partition coefficient (Wildman–Crippen LogP) is 3.84. The first-order valence-electron chi connectivity index (χ1n) is 8.30. The summed E-state index contributed by atoms with van der Waals surface area (Å²) in [5.41, 5.74) is 3.43. The van der Waals surface area contributed by atoms with Crippen molar-refractivity contribution in [2.45, 2.75) is 39.0 Å². The number of hydrogen-bond acceptors (Lipinski definition) is 3. The van der Waals surface area contributed by atoms with Crippen molar-refractivity contribution >= 4 is 5.82 Å². The first-order chi connectivity index (χ1) is 11.2. The molecule has 0 saturated heterocycles. The molecule has 120 valence electrons. The number of allylic oxidation sites excluding steroid dienone is 1. The number of hydrogen-bond donors (Lipinski definition) is 1. The molecular formula is C19H23N3O. The SMILES string of the molecule is Cc1ccc(-n2ccnc(NCCC3=CCCCC3)c2=O)cc1. The van der Waals surface area contributed by atoms with E-state index >= 15 is 0 Å². The van der Waals surface area contributed by atoms with Gasteiger partial charge in [0.2, 0.25) is 0 Å². The summed E-state index contributed by atoms with van der Waals surface area (Å²) < 4.78 is 1.63. The lowest BCUT2D eigenvalue weighted by Crippen LogP contribution is -2.23. The molecule has 1 aliphatic carbocycles. The van der Waals surface area contributed by atoms with Crippen LogP contribution in [0.4, 0.5) is 5.82 Å². The van der Waals surface area contributed by atoms with Crippen molar-refractivity contribution in [2.75, 3.05) is 11.9 Å². The van der Waals surface area contributed by atoms with Gasteiger partial charge in [-0.15, -0.1) is 0 Å². The Kier molecular flexibility index (Phi) is 4.91. The number of nitrogens with zero attached hydrogens (tertiary/aromatic N) is 2. The third-order valence-electron chi connectivity index (χ3n) is 4.28. The van der Waals surface area contributed by atoms with E-state index in [1.54, 1.807) is 17.0 Å². The molecule has 0 bridgehead atoms. The Labute approximate surface area is 136 Å². The highest BCUT2D eigenvalue weighted by molar-refractivity contribution is 5.39. The third-order valence-corrected chi connectivity index (χ3v) is 4.28. The van der Waals surface area contributed by atoms with Gasteiger partial charge in [-0.3, -0.25) is 9.36 Å². The molecule has 3 rings (SSSR count). The van der Waals surface area contributed by atoms with Crippen LogP contribution in [0.3, 0.4) is 0 Å². The van der Waals surface area contributed by atoms with Gasteiger partial charge in [-0.2, -0.15) is 0 Å². The number of anilines is 1. The summed E-state index contributed by atoms with van der Waals surface area (Å²) in [7, 11) is 0. The summed E-state index contributed by atoms with van der Waals surface area (Å²) in [6.07, 6.45) is 11.7.